The van der Waals surface area contributed by atoms with Crippen molar-refractivity contribution in [3.05, 3.63) is 18.5 Å². The molecule has 5 atom stereocenters. The number of sulfone groups is 1. The number of piperidine rings is 1. The van der Waals surface area contributed by atoms with Gasteiger partial charge in [-0.05, 0) is 36.9 Å². The maximum atomic E-state index is 12.3. The first-order valence-corrected chi connectivity index (χ1v) is 10.6. The topological polar surface area (TPSA) is 78.4 Å². The molecule has 4 heterocycles. The van der Waals surface area contributed by atoms with E-state index in [1.807, 2.05) is 0 Å². The summed E-state index contributed by atoms with van der Waals surface area (Å²) in [6.45, 7) is 5.04. The number of hydrogen-bond acceptors (Lipinski definition) is 7. The Labute approximate surface area is 142 Å². The van der Waals surface area contributed by atoms with Gasteiger partial charge in [-0.2, -0.15) is 0 Å². The van der Waals surface area contributed by atoms with Crippen LogP contribution in [0.15, 0.2) is 18.5 Å². The van der Waals surface area contributed by atoms with Gasteiger partial charge in [0.15, 0.2) is 9.84 Å². The van der Waals surface area contributed by atoms with E-state index in [2.05, 4.69) is 25.1 Å². The molecule has 0 radical (unpaired) electrons. The van der Waals surface area contributed by atoms with E-state index >= 15 is 0 Å². The fourth-order valence-corrected chi connectivity index (χ4v) is 7.04. The summed E-state index contributed by atoms with van der Waals surface area (Å²) in [6.07, 6.45) is 3.46. The molecule has 3 aliphatic heterocycles. The number of hydrogen-bond donors (Lipinski definition) is 1. The molecular formula is C16H23N5O2S. The van der Waals surface area contributed by atoms with Gasteiger partial charge in [-0.15, -0.1) is 0 Å². The fourth-order valence-electron chi connectivity index (χ4n) is 5.03. The number of fused-ring (bicyclic) bond motifs is 2. The van der Waals surface area contributed by atoms with Crippen LogP contribution in [0.25, 0.3) is 0 Å². The van der Waals surface area contributed by atoms with Crippen molar-refractivity contribution in [1.29, 1.82) is 0 Å². The third kappa shape index (κ3) is 2.43. The zero-order valence-corrected chi connectivity index (χ0v) is 14.4. The standard InChI is InChI=1S/C16H23N5O2S/c22-24(23)9-14-15(10-24)21(16-18-2-1-3-19-16)5-4-20(14)8-13-11-6-17-7-12(11)13/h1-3,11-15,17H,4-10H2/t11-,12+,13?,14-,15+/m1/s1. The third-order valence-corrected chi connectivity index (χ3v) is 8.01. The van der Waals surface area contributed by atoms with Crippen molar-refractivity contribution in [2.75, 3.05) is 49.1 Å². The van der Waals surface area contributed by atoms with Gasteiger partial charge in [-0.1, -0.05) is 0 Å². The van der Waals surface area contributed by atoms with Gasteiger partial charge in [-0.25, -0.2) is 18.4 Å². The van der Waals surface area contributed by atoms with Crippen molar-refractivity contribution >= 4 is 15.8 Å². The smallest absolute Gasteiger partial charge is 0.225 e. The SMILES string of the molecule is O=S1(=O)C[C@@H]2[C@H](C1)N(c1ncccn1)CCN2CC1[C@H]2CNC[C@@H]12. The number of anilines is 1. The molecule has 7 nitrogen and oxygen atoms in total. The Hall–Kier alpha value is -1.25. The summed E-state index contributed by atoms with van der Waals surface area (Å²) in [5.74, 6) is 3.56. The van der Waals surface area contributed by atoms with Crippen molar-refractivity contribution in [3.63, 3.8) is 0 Å². The number of piperazine rings is 1. The van der Waals surface area contributed by atoms with E-state index in [0.29, 0.717) is 5.95 Å². The highest BCUT2D eigenvalue weighted by Crippen LogP contribution is 2.49. The molecule has 3 saturated heterocycles. The number of aromatic nitrogens is 2. The summed E-state index contributed by atoms with van der Waals surface area (Å²) in [4.78, 5) is 13.3. The summed E-state index contributed by atoms with van der Waals surface area (Å²) in [5, 5.41) is 3.44. The molecule has 24 heavy (non-hydrogen) atoms. The zero-order valence-electron chi connectivity index (χ0n) is 13.6. The van der Waals surface area contributed by atoms with Gasteiger partial charge < -0.3 is 10.2 Å². The molecule has 130 valence electrons. The Kier molecular flexibility index (Phi) is 3.37. The normalized spacial score (nSPS) is 40.3. The lowest BCUT2D eigenvalue weighted by atomic mass is 10.0. The molecule has 0 spiro atoms. The molecular weight excluding hydrogens is 326 g/mol. The minimum Gasteiger partial charge on any atom is -0.334 e. The highest BCUT2D eigenvalue weighted by molar-refractivity contribution is 7.91. The Bertz CT molecular complexity index is 717. The molecule has 1 N–H and O–H groups in total. The van der Waals surface area contributed by atoms with E-state index in [0.717, 1.165) is 50.5 Å². The van der Waals surface area contributed by atoms with E-state index in [4.69, 9.17) is 0 Å². The van der Waals surface area contributed by atoms with Crippen LogP contribution in [0.1, 0.15) is 0 Å². The van der Waals surface area contributed by atoms with Gasteiger partial charge in [0.25, 0.3) is 0 Å². The summed E-state index contributed by atoms with van der Waals surface area (Å²) < 4.78 is 24.6. The molecule has 0 bridgehead atoms. The van der Waals surface area contributed by atoms with Crippen LogP contribution in [-0.4, -0.2) is 79.6 Å². The first-order chi connectivity index (χ1) is 11.6. The van der Waals surface area contributed by atoms with Gasteiger partial charge >= 0.3 is 0 Å². The highest BCUT2D eigenvalue weighted by atomic mass is 32.2. The Morgan fingerprint density at radius 3 is 2.54 bits per heavy atom. The first kappa shape index (κ1) is 15.0. The molecule has 0 amide bonds. The van der Waals surface area contributed by atoms with Crippen LogP contribution in [0.3, 0.4) is 0 Å². The van der Waals surface area contributed by atoms with Crippen LogP contribution < -0.4 is 10.2 Å². The zero-order chi connectivity index (χ0) is 16.3. The molecule has 1 aliphatic carbocycles. The van der Waals surface area contributed by atoms with Gasteiger partial charge in [0.05, 0.1) is 17.5 Å². The van der Waals surface area contributed by atoms with E-state index in [1.54, 1.807) is 18.5 Å². The second kappa shape index (κ2) is 5.37. The second-order valence-electron chi connectivity index (χ2n) is 7.60. The molecule has 4 aliphatic rings. The van der Waals surface area contributed by atoms with Crippen molar-refractivity contribution in [1.82, 2.24) is 20.2 Å². The molecule has 1 aromatic heterocycles. The van der Waals surface area contributed by atoms with Crippen LogP contribution in [0.4, 0.5) is 5.95 Å². The largest absolute Gasteiger partial charge is 0.334 e. The second-order valence-corrected chi connectivity index (χ2v) is 9.75. The molecule has 4 fully saturated rings. The molecule has 0 aromatic carbocycles. The van der Waals surface area contributed by atoms with E-state index in [9.17, 15) is 8.42 Å². The van der Waals surface area contributed by atoms with Crippen molar-refractivity contribution < 1.29 is 8.42 Å². The summed E-state index contributed by atoms with van der Waals surface area (Å²) in [7, 11) is -2.99. The summed E-state index contributed by atoms with van der Waals surface area (Å²) in [6, 6.07) is 1.87. The van der Waals surface area contributed by atoms with Crippen LogP contribution in [0, 0.1) is 17.8 Å². The van der Waals surface area contributed by atoms with Crippen molar-refractivity contribution in [3.8, 4) is 0 Å². The monoisotopic (exact) mass is 349 g/mol. The van der Waals surface area contributed by atoms with Gasteiger partial charge in [0, 0.05) is 38.1 Å². The van der Waals surface area contributed by atoms with Crippen LogP contribution in [0.2, 0.25) is 0 Å². The number of rotatable bonds is 3. The summed E-state index contributed by atoms with van der Waals surface area (Å²) >= 11 is 0. The molecule has 1 aromatic rings. The first-order valence-electron chi connectivity index (χ1n) is 8.81. The maximum absolute atomic E-state index is 12.3. The predicted molar refractivity (Wildman–Crippen MR) is 90.5 cm³/mol. The van der Waals surface area contributed by atoms with Crippen LogP contribution in [0.5, 0.6) is 0 Å². The predicted octanol–water partition coefficient (Wildman–Crippen LogP) is -0.770. The van der Waals surface area contributed by atoms with E-state index < -0.39 is 9.84 Å². The van der Waals surface area contributed by atoms with Crippen molar-refractivity contribution in [2.24, 2.45) is 17.8 Å². The van der Waals surface area contributed by atoms with E-state index in [1.165, 1.54) is 0 Å². The minimum atomic E-state index is -2.99. The van der Waals surface area contributed by atoms with E-state index in [-0.39, 0.29) is 23.6 Å². The molecule has 5 rings (SSSR count). The lowest BCUT2D eigenvalue weighted by Gasteiger charge is -2.44. The van der Waals surface area contributed by atoms with Gasteiger partial charge in [0.2, 0.25) is 5.95 Å². The fraction of sp³-hybridized carbons (Fsp3) is 0.750. The minimum absolute atomic E-state index is 0.0112. The quantitative estimate of drug-likeness (QED) is 0.768. The number of nitrogens with one attached hydrogen (secondary N) is 1. The lowest BCUT2D eigenvalue weighted by Crippen LogP contribution is -2.60. The average molecular weight is 349 g/mol. The molecule has 1 unspecified atom stereocenters. The summed E-state index contributed by atoms with van der Waals surface area (Å²) in [5.41, 5.74) is 0. The Balaban J connectivity index is 1.37. The highest BCUT2D eigenvalue weighted by Gasteiger charge is 2.55. The molecule has 1 saturated carbocycles. The Morgan fingerprint density at radius 1 is 1.08 bits per heavy atom. The Morgan fingerprint density at radius 2 is 1.79 bits per heavy atom. The van der Waals surface area contributed by atoms with Crippen molar-refractivity contribution in [2.45, 2.75) is 12.1 Å². The lowest BCUT2D eigenvalue weighted by molar-refractivity contribution is 0.154. The average Bonchev–Trinajstić information content (AvgIpc) is 2.91. The maximum Gasteiger partial charge on any atom is 0.225 e. The number of nitrogens with zero attached hydrogens (tertiary/aromatic N) is 4. The van der Waals surface area contributed by atoms with Crippen LogP contribution in [-0.2, 0) is 9.84 Å². The van der Waals surface area contributed by atoms with Gasteiger partial charge in [-0.3, -0.25) is 4.90 Å². The van der Waals surface area contributed by atoms with Crippen LogP contribution >= 0.6 is 0 Å². The molecule has 8 heteroatoms. The third-order valence-electron chi connectivity index (χ3n) is 6.31. The van der Waals surface area contributed by atoms with Gasteiger partial charge in [0.1, 0.15) is 0 Å².